The molecule has 0 aromatic rings. The molecule has 80 heavy (non-hydrogen) atoms. The first-order valence-corrected chi connectivity index (χ1v) is 32.8. The molecule has 0 fully saturated rings. The Morgan fingerprint density at radius 1 is 0.263 bits per heavy atom. The summed E-state index contributed by atoms with van der Waals surface area (Å²) in [7, 11) is 0. The van der Waals surface area contributed by atoms with Gasteiger partial charge in [-0.3, -0.25) is 14.4 Å². The van der Waals surface area contributed by atoms with Crippen LogP contribution in [0.3, 0.4) is 0 Å². The van der Waals surface area contributed by atoms with E-state index in [-0.39, 0.29) is 31.1 Å². The van der Waals surface area contributed by atoms with Crippen molar-refractivity contribution in [1.82, 2.24) is 0 Å². The monoisotopic (exact) mass is 1100 g/mol. The van der Waals surface area contributed by atoms with Gasteiger partial charge in [-0.1, -0.05) is 269 Å². The first-order valence-electron chi connectivity index (χ1n) is 32.8. The van der Waals surface area contributed by atoms with Crippen molar-refractivity contribution in [3.63, 3.8) is 0 Å². The van der Waals surface area contributed by atoms with Crippen molar-refractivity contribution >= 4 is 17.9 Å². The summed E-state index contributed by atoms with van der Waals surface area (Å²) >= 11 is 0. The molecule has 1 unspecified atom stereocenters. The molecule has 6 heteroatoms. The van der Waals surface area contributed by atoms with Crippen LogP contribution in [0.2, 0.25) is 0 Å². The first-order chi connectivity index (χ1) is 39.5. The highest BCUT2D eigenvalue weighted by Gasteiger charge is 2.19. The maximum atomic E-state index is 12.9. The Bertz CT molecular complexity index is 1750. The largest absolute Gasteiger partial charge is 0.462 e. The zero-order valence-electron chi connectivity index (χ0n) is 51.8. The Balaban J connectivity index is 4.42. The van der Waals surface area contributed by atoms with E-state index in [9.17, 15) is 14.4 Å². The molecule has 0 bridgehead atoms. The quantitative estimate of drug-likeness (QED) is 0.0261. The molecule has 0 heterocycles. The van der Waals surface area contributed by atoms with Gasteiger partial charge in [0.1, 0.15) is 13.2 Å². The first kappa shape index (κ1) is 75.3. The number of rotatable bonds is 58. The molecule has 6 nitrogen and oxygen atoms in total. The van der Waals surface area contributed by atoms with Gasteiger partial charge in [0.15, 0.2) is 6.10 Å². The summed E-state index contributed by atoms with van der Waals surface area (Å²) < 4.78 is 16.9. The van der Waals surface area contributed by atoms with Crippen molar-refractivity contribution in [3.05, 3.63) is 146 Å². The summed E-state index contributed by atoms with van der Waals surface area (Å²) in [5.74, 6) is -0.952. The second-order valence-corrected chi connectivity index (χ2v) is 21.3. The number of carbonyl (C=O) groups is 3. The molecule has 0 rings (SSSR count). The van der Waals surface area contributed by atoms with Crippen LogP contribution in [0.4, 0.5) is 0 Å². The highest BCUT2D eigenvalue weighted by molar-refractivity contribution is 5.71. The highest BCUT2D eigenvalue weighted by atomic mass is 16.6. The zero-order chi connectivity index (χ0) is 57.8. The maximum absolute atomic E-state index is 12.9. The van der Waals surface area contributed by atoms with Crippen LogP contribution < -0.4 is 0 Å². The minimum absolute atomic E-state index is 0.102. The van der Waals surface area contributed by atoms with Gasteiger partial charge in [-0.15, -0.1) is 0 Å². The second-order valence-electron chi connectivity index (χ2n) is 21.3. The average Bonchev–Trinajstić information content (AvgIpc) is 3.46. The number of esters is 3. The lowest BCUT2D eigenvalue weighted by molar-refractivity contribution is -0.167. The van der Waals surface area contributed by atoms with Gasteiger partial charge >= 0.3 is 17.9 Å². The molecule has 0 N–H and O–H groups in total. The van der Waals surface area contributed by atoms with E-state index < -0.39 is 6.10 Å². The zero-order valence-corrected chi connectivity index (χ0v) is 51.8. The van der Waals surface area contributed by atoms with Gasteiger partial charge in [-0.2, -0.15) is 0 Å². The highest BCUT2D eigenvalue weighted by Crippen LogP contribution is 2.14. The maximum Gasteiger partial charge on any atom is 0.306 e. The van der Waals surface area contributed by atoms with Gasteiger partial charge < -0.3 is 14.2 Å². The Hall–Kier alpha value is -4.71. The van der Waals surface area contributed by atoms with E-state index in [1.165, 1.54) is 96.3 Å². The Labute approximate surface area is 493 Å². The lowest BCUT2D eigenvalue weighted by Gasteiger charge is -2.18. The van der Waals surface area contributed by atoms with Crippen LogP contribution in [0.15, 0.2) is 146 Å². The fourth-order valence-corrected chi connectivity index (χ4v) is 8.62. The second kappa shape index (κ2) is 66.8. The minimum Gasteiger partial charge on any atom is -0.462 e. The fourth-order valence-electron chi connectivity index (χ4n) is 8.62. The topological polar surface area (TPSA) is 78.9 Å². The van der Waals surface area contributed by atoms with E-state index in [1.54, 1.807) is 0 Å². The summed E-state index contributed by atoms with van der Waals surface area (Å²) in [5.41, 5.74) is 0. The number of unbranched alkanes of at least 4 members (excludes halogenated alkanes) is 23. The van der Waals surface area contributed by atoms with Crippen LogP contribution in [-0.4, -0.2) is 37.2 Å². The fraction of sp³-hybridized carbons (Fsp3) is 0.635. The third-order valence-corrected chi connectivity index (χ3v) is 13.5. The van der Waals surface area contributed by atoms with Gasteiger partial charge in [0, 0.05) is 19.3 Å². The number of hydrogen-bond acceptors (Lipinski definition) is 6. The molecule has 1 atom stereocenters. The molecular formula is C74H120O6. The van der Waals surface area contributed by atoms with Crippen molar-refractivity contribution in [2.75, 3.05) is 13.2 Å². The Kier molecular flexibility index (Phi) is 62.9. The molecule has 452 valence electrons. The molecule has 0 amide bonds. The van der Waals surface area contributed by atoms with Gasteiger partial charge in [0.05, 0.1) is 0 Å². The number of carbonyl (C=O) groups excluding carboxylic acids is 3. The summed E-state index contributed by atoms with van der Waals surface area (Å²) in [6.07, 6.45) is 95.7. The predicted octanol–water partition coefficient (Wildman–Crippen LogP) is 22.7. The molecular weight excluding hydrogens is 985 g/mol. The van der Waals surface area contributed by atoms with Crippen LogP contribution in [0.1, 0.15) is 284 Å². The summed E-state index contributed by atoms with van der Waals surface area (Å²) in [4.78, 5) is 38.3. The molecule has 0 radical (unpaired) electrons. The van der Waals surface area contributed by atoms with E-state index >= 15 is 0 Å². The predicted molar refractivity (Wildman–Crippen MR) is 348 cm³/mol. The van der Waals surface area contributed by atoms with Crippen LogP contribution >= 0.6 is 0 Å². The molecule has 0 aliphatic rings. The molecule has 0 spiro atoms. The molecule has 0 saturated carbocycles. The summed E-state index contributed by atoms with van der Waals surface area (Å²) in [5, 5.41) is 0. The lowest BCUT2D eigenvalue weighted by atomic mass is 10.1. The van der Waals surface area contributed by atoms with Crippen molar-refractivity contribution in [2.24, 2.45) is 0 Å². The van der Waals surface area contributed by atoms with Gasteiger partial charge in [0.2, 0.25) is 0 Å². The molecule has 0 saturated heterocycles. The Morgan fingerprint density at radius 2 is 0.500 bits per heavy atom. The third kappa shape index (κ3) is 64.1. The SMILES string of the molecule is CC/C=C\C/C=C\C/C=C\C/C=C\C/C=C\C/C=C\C/C=C\C/C=C\C/C=C\CCCCCC(=O)OCC(COC(=O)CCCCCCC/C=C\C/C=C\CCCC)OC(=O)CCCCCCCCC/C=C\CCCCCCCC. The van der Waals surface area contributed by atoms with Crippen LogP contribution in [0, 0.1) is 0 Å². The van der Waals surface area contributed by atoms with E-state index in [4.69, 9.17) is 14.2 Å². The molecule has 0 aromatic heterocycles. The summed E-state index contributed by atoms with van der Waals surface area (Å²) in [6, 6.07) is 0. The standard InChI is InChI=1S/C74H120O6/c1-4-7-10-13-16-19-22-25-28-30-31-32-33-34-35-36-37-38-39-40-41-42-43-45-46-49-52-55-58-61-64-67-73(76)79-70-71(69-78-72(75)66-63-60-57-54-51-48-27-24-21-18-15-12-9-6-3)80-74(77)68-65-62-59-56-53-50-47-44-29-26-23-20-17-14-11-8-5-2/h7,10,15-16,18-19,24-29,31-32,34-35,37-38,40-41,43,45,49,52,71H,4-6,8-9,11-14,17,20-23,30,33,36,39,42,44,46-48,50-51,53-70H2,1-3H3/b10-7-,18-15-,19-16-,27-24-,28-25-,29-26-,32-31-,35-34-,38-37-,41-40-,45-43-,52-49-. The van der Waals surface area contributed by atoms with Crippen molar-refractivity contribution < 1.29 is 28.6 Å². The van der Waals surface area contributed by atoms with Gasteiger partial charge in [-0.05, 0) is 141 Å². The van der Waals surface area contributed by atoms with E-state index in [0.29, 0.717) is 19.3 Å². The summed E-state index contributed by atoms with van der Waals surface area (Å²) in [6.45, 7) is 6.44. The Morgan fingerprint density at radius 3 is 0.825 bits per heavy atom. The smallest absolute Gasteiger partial charge is 0.306 e. The lowest BCUT2D eigenvalue weighted by Crippen LogP contribution is -2.30. The van der Waals surface area contributed by atoms with Gasteiger partial charge in [0.25, 0.3) is 0 Å². The number of allylic oxidation sites excluding steroid dienone is 24. The van der Waals surface area contributed by atoms with Crippen LogP contribution in [-0.2, 0) is 28.6 Å². The molecule has 0 aliphatic heterocycles. The van der Waals surface area contributed by atoms with Crippen molar-refractivity contribution in [2.45, 2.75) is 290 Å². The molecule has 0 aromatic carbocycles. The number of ether oxygens (including phenoxy) is 3. The third-order valence-electron chi connectivity index (χ3n) is 13.5. The van der Waals surface area contributed by atoms with Crippen LogP contribution in [0.5, 0.6) is 0 Å². The van der Waals surface area contributed by atoms with Gasteiger partial charge in [-0.25, -0.2) is 0 Å². The van der Waals surface area contributed by atoms with Crippen LogP contribution in [0.25, 0.3) is 0 Å². The van der Waals surface area contributed by atoms with Crippen molar-refractivity contribution in [3.8, 4) is 0 Å². The average molecular weight is 1110 g/mol. The van der Waals surface area contributed by atoms with E-state index in [2.05, 4.69) is 167 Å². The number of hydrogen-bond donors (Lipinski definition) is 0. The van der Waals surface area contributed by atoms with E-state index in [1.807, 2.05) is 0 Å². The van der Waals surface area contributed by atoms with Crippen molar-refractivity contribution in [1.29, 1.82) is 0 Å². The molecule has 0 aliphatic carbocycles. The van der Waals surface area contributed by atoms with E-state index in [0.717, 1.165) is 148 Å². The normalized spacial score (nSPS) is 13.1. The minimum atomic E-state index is -0.807.